The highest BCUT2D eigenvalue weighted by Crippen LogP contribution is 2.34. The average Bonchev–Trinajstić information content (AvgIpc) is 2.98. The molecule has 3 aromatic carbocycles. The maximum absolute atomic E-state index is 6.12. The standard InChI is InChI=1S/C31H24N6O2/c1-38-24-7-4-6-21(18-24)29-26-8-2-3-9-27(26)30(37-36-29)35-22-11-13-23(14-12-22)39-31-25(10-5-16-34-31)20-15-17-33-28(32)19-20/h2-19H,1H3,(H2,32,33)(H,35,37). The summed E-state index contributed by atoms with van der Waals surface area (Å²) in [6, 6.07) is 30.9. The van der Waals surface area contributed by atoms with E-state index in [0.717, 1.165) is 44.6 Å². The number of rotatable bonds is 7. The molecule has 3 N–H and O–H groups in total. The number of nitrogens with two attached hydrogens (primary N) is 1. The van der Waals surface area contributed by atoms with E-state index in [1.165, 1.54) is 0 Å². The van der Waals surface area contributed by atoms with Crippen LogP contribution in [0.3, 0.4) is 0 Å². The van der Waals surface area contributed by atoms with Crippen molar-refractivity contribution in [2.24, 2.45) is 0 Å². The van der Waals surface area contributed by atoms with Gasteiger partial charge in [0.05, 0.1) is 7.11 Å². The van der Waals surface area contributed by atoms with Crippen LogP contribution in [0.5, 0.6) is 17.4 Å². The second kappa shape index (κ2) is 10.5. The van der Waals surface area contributed by atoms with Crippen LogP contribution in [0.1, 0.15) is 0 Å². The van der Waals surface area contributed by atoms with Gasteiger partial charge in [-0.05, 0) is 66.2 Å². The molecule has 6 rings (SSSR count). The number of nitrogens with one attached hydrogen (secondary N) is 1. The predicted molar refractivity (Wildman–Crippen MR) is 153 cm³/mol. The van der Waals surface area contributed by atoms with E-state index in [-0.39, 0.29) is 0 Å². The number of aromatic nitrogens is 4. The van der Waals surface area contributed by atoms with Gasteiger partial charge in [-0.1, -0.05) is 36.4 Å². The van der Waals surface area contributed by atoms with E-state index in [1.54, 1.807) is 25.6 Å². The lowest BCUT2D eigenvalue weighted by Crippen LogP contribution is -1.99. The van der Waals surface area contributed by atoms with Gasteiger partial charge >= 0.3 is 0 Å². The molecule has 0 fully saturated rings. The van der Waals surface area contributed by atoms with Gasteiger partial charge in [-0.3, -0.25) is 0 Å². The molecule has 0 unspecified atom stereocenters. The molecule has 0 radical (unpaired) electrons. The van der Waals surface area contributed by atoms with Gasteiger partial charge in [0.15, 0.2) is 5.82 Å². The number of anilines is 3. The van der Waals surface area contributed by atoms with Crippen LogP contribution in [0.2, 0.25) is 0 Å². The Hall–Kier alpha value is -5.50. The van der Waals surface area contributed by atoms with Gasteiger partial charge in [-0.2, -0.15) is 0 Å². The fourth-order valence-electron chi connectivity index (χ4n) is 4.34. The molecule has 0 aliphatic rings. The topological polar surface area (TPSA) is 108 Å². The molecule has 0 saturated heterocycles. The summed E-state index contributed by atoms with van der Waals surface area (Å²) in [6.07, 6.45) is 3.36. The molecule has 0 spiro atoms. The van der Waals surface area contributed by atoms with Gasteiger partial charge in [-0.15, -0.1) is 10.2 Å². The van der Waals surface area contributed by atoms with E-state index in [0.29, 0.717) is 23.3 Å². The Bertz CT molecular complexity index is 1770. The molecule has 8 nitrogen and oxygen atoms in total. The van der Waals surface area contributed by atoms with Crippen molar-refractivity contribution in [3.8, 4) is 39.8 Å². The van der Waals surface area contributed by atoms with Gasteiger partial charge in [0.25, 0.3) is 0 Å². The van der Waals surface area contributed by atoms with Crippen LogP contribution in [0.4, 0.5) is 17.3 Å². The van der Waals surface area contributed by atoms with E-state index in [2.05, 4.69) is 25.5 Å². The number of hydrogen-bond acceptors (Lipinski definition) is 8. The summed E-state index contributed by atoms with van der Waals surface area (Å²) in [5.41, 5.74) is 10.2. The quantitative estimate of drug-likeness (QED) is 0.238. The molecule has 0 aliphatic carbocycles. The molecular formula is C31H24N6O2. The molecule has 0 atom stereocenters. The first-order chi connectivity index (χ1) is 19.2. The lowest BCUT2D eigenvalue weighted by Gasteiger charge is -2.13. The summed E-state index contributed by atoms with van der Waals surface area (Å²) in [6.45, 7) is 0. The first-order valence-corrected chi connectivity index (χ1v) is 12.3. The fraction of sp³-hybridized carbons (Fsp3) is 0.0323. The van der Waals surface area contributed by atoms with E-state index in [1.807, 2.05) is 91.0 Å². The van der Waals surface area contributed by atoms with Crippen molar-refractivity contribution in [1.82, 2.24) is 20.2 Å². The van der Waals surface area contributed by atoms with Gasteiger partial charge in [0.2, 0.25) is 5.88 Å². The summed E-state index contributed by atoms with van der Waals surface area (Å²) in [4.78, 5) is 8.49. The smallest absolute Gasteiger partial charge is 0.227 e. The van der Waals surface area contributed by atoms with E-state index >= 15 is 0 Å². The van der Waals surface area contributed by atoms with Crippen molar-refractivity contribution in [2.75, 3.05) is 18.2 Å². The van der Waals surface area contributed by atoms with Crippen LogP contribution >= 0.6 is 0 Å². The summed E-state index contributed by atoms with van der Waals surface area (Å²) in [7, 11) is 1.65. The zero-order valence-electron chi connectivity index (χ0n) is 21.1. The highest BCUT2D eigenvalue weighted by molar-refractivity contribution is 6.00. The number of fused-ring (bicyclic) bond motifs is 1. The first kappa shape index (κ1) is 23.9. The fourth-order valence-corrected chi connectivity index (χ4v) is 4.34. The minimum atomic E-state index is 0.435. The Morgan fingerprint density at radius 2 is 1.54 bits per heavy atom. The summed E-state index contributed by atoms with van der Waals surface area (Å²) in [5.74, 6) is 2.99. The average molecular weight is 513 g/mol. The Labute approximate surface area is 225 Å². The van der Waals surface area contributed by atoms with Crippen LogP contribution in [0.15, 0.2) is 109 Å². The maximum atomic E-state index is 6.12. The molecule has 0 aliphatic heterocycles. The van der Waals surface area contributed by atoms with Crippen molar-refractivity contribution in [1.29, 1.82) is 0 Å². The molecular weight excluding hydrogens is 488 g/mol. The number of methoxy groups -OCH3 is 1. The third-order valence-electron chi connectivity index (χ3n) is 6.23. The summed E-state index contributed by atoms with van der Waals surface area (Å²) < 4.78 is 11.5. The van der Waals surface area contributed by atoms with Gasteiger partial charge in [0, 0.05) is 40.0 Å². The largest absolute Gasteiger partial charge is 0.497 e. The van der Waals surface area contributed by atoms with E-state index in [9.17, 15) is 0 Å². The normalized spacial score (nSPS) is 10.8. The monoisotopic (exact) mass is 512 g/mol. The minimum absolute atomic E-state index is 0.435. The maximum Gasteiger partial charge on any atom is 0.227 e. The summed E-state index contributed by atoms with van der Waals surface area (Å²) >= 11 is 0. The molecule has 190 valence electrons. The van der Waals surface area contributed by atoms with Crippen molar-refractivity contribution >= 4 is 28.1 Å². The highest BCUT2D eigenvalue weighted by atomic mass is 16.5. The number of pyridine rings is 2. The molecule has 0 saturated carbocycles. The summed E-state index contributed by atoms with van der Waals surface area (Å²) in [5, 5.41) is 14.4. The lowest BCUT2D eigenvalue weighted by molar-refractivity contribution is 0.415. The SMILES string of the molecule is COc1cccc(-c2nnc(Nc3ccc(Oc4ncccc4-c4ccnc(N)c4)cc3)c3ccccc23)c1. The lowest BCUT2D eigenvalue weighted by atomic mass is 10.0. The molecule has 6 aromatic rings. The zero-order chi connectivity index (χ0) is 26.6. The van der Waals surface area contributed by atoms with Crippen LogP contribution in [0.25, 0.3) is 33.2 Å². The van der Waals surface area contributed by atoms with E-state index in [4.69, 9.17) is 15.2 Å². The van der Waals surface area contributed by atoms with Gasteiger partial charge in [-0.25, -0.2) is 9.97 Å². The van der Waals surface area contributed by atoms with Crippen molar-refractivity contribution in [3.63, 3.8) is 0 Å². The van der Waals surface area contributed by atoms with Gasteiger partial charge < -0.3 is 20.5 Å². The first-order valence-electron chi connectivity index (χ1n) is 12.3. The number of nitrogen functional groups attached to an aromatic ring is 1. The van der Waals surface area contributed by atoms with Crippen molar-refractivity contribution in [2.45, 2.75) is 0 Å². The highest BCUT2D eigenvalue weighted by Gasteiger charge is 2.13. The number of benzene rings is 3. The molecule has 0 bridgehead atoms. The van der Waals surface area contributed by atoms with E-state index < -0.39 is 0 Å². The van der Waals surface area contributed by atoms with Crippen LogP contribution in [-0.4, -0.2) is 27.3 Å². The number of ether oxygens (including phenoxy) is 2. The van der Waals surface area contributed by atoms with Crippen LogP contribution < -0.4 is 20.5 Å². The third-order valence-corrected chi connectivity index (χ3v) is 6.23. The Morgan fingerprint density at radius 3 is 2.36 bits per heavy atom. The predicted octanol–water partition coefficient (Wildman–Crippen LogP) is 6.88. The molecule has 8 heteroatoms. The zero-order valence-corrected chi connectivity index (χ0v) is 21.1. The molecule has 3 heterocycles. The number of hydrogen-bond donors (Lipinski definition) is 2. The Kier molecular flexibility index (Phi) is 6.41. The van der Waals surface area contributed by atoms with Crippen molar-refractivity contribution < 1.29 is 9.47 Å². The molecule has 3 aromatic heterocycles. The van der Waals surface area contributed by atoms with Crippen molar-refractivity contribution in [3.05, 3.63) is 109 Å². The second-order valence-corrected chi connectivity index (χ2v) is 8.75. The number of nitrogens with zero attached hydrogens (tertiary/aromatic N) is 4. The second-order valence-electron chi connectivity index (χ2n) is 8.75. The molecule has 39 heavy (non-hydrogen) atoms. The Morgan fingerprint density at radius 1 is 0.692 bits per heavy atom. The van der Waals surface area contributed by atoms with Crippen LogP contribution in [0, 0.1) is 0 Å². The minimum Gasteiger partial charge on any atom is -0.497 e. The molecule has 0 amide bonds. The Balaban J connectivity index is 1.26. The van der Waals surface area contributed by atoms with Gasteiger partial charge in [0.1, 0.15) is 23.0 Å². The third kappa shape index (κ3) is 5.03. The van der Waals surface area contributed by atoms with Crippen LogP contribution in [-0.2, 0) is 0 Å².